The van der Waals surface area contributed by atoms with Gasteiger partial charge in [-0.25, -0.2) is 10.0 Å². The number of rotatable bonds is 4. The fourth-order valence-electron chi connectivity index (χ4n) is 0.935. The quantitative estimate of drug-likeness (QED) is 0.466. The molecule has 0 rings (SSSR count). The van der Waals surface area contributed by atoms with Crippen molar-refractivity contribution in [2.75, 3.05) is 0 Å². The summed E-state index contributed by atoms with van der Waals surface area (Å²) in [5.41, 5.74) is 1.09. The van der Waals surface area contributed by atoms with E-state index in [9.17, 15) is 0 Å². The van der Waals surface area contributed by atoms with Crippen LogP contribution in [0.3, 0.4) is 0 Å². The maximum absolute atomic E-state index is 3.90. The van der Waals surface area contributed by atoms with Crippen LogP contribution in [0, 0.1) is 0 Å². The van der Waals surface area contributed by atoms with Crippen LogP contribution in [0.4, 0.5) is 0 Å². The van der Waals surface area contributed by atoms with Crippen molar-refractivity contribution in [2.45, 2.75) is 33.7 Å². The van der Waals surface area contributed by atoms with Gasteiger partial charge in [0.1, 0.15) is 5.82 Å². The molecule has 0 N–H and O–H groups in total. The van der Waals surface area contributed by atoms with Gasteiger partial charge < -0.3 is 0 Å². The lowest BCUT2D eigenvalue weighted by atomic mass is 10.3. The number of nitrogens with zero attached hydrogens (tertiary/aromatic N) is 3. The Kier molecular flexibility index (Phi) is 4.26. The molecule has 0 aromatic carbocycles. The number of allylic oxidation sites excluding steroid dienone is 1. The Morgan fingerprint density at radius 2 is 1.75 bits per heavy atom. The van der Waals surface area contributed by atoms with Gasteiger partial charge in [0, 0.05) is 12.8 Å². The first-order chi connectivity index (χ1) is 5.54. The van der Waals surface area contributed by atoms with Crippen molar-refractivity contribution in [2.24, 2.45) is 10.1 Å². The van der Waals surface area contributed by atoms with Gasteiger partial charge in [0.2, 0.25) is 0 Å². The first-order valence-electron chi connectivity index (χ1n) is 3.94. The van der Waals surface area contributed by atoms with E-state index in [1.54, 1.807) is 5.01 Å². The van der Waals surface area contributed by atoms with Crippen LogP contribution in [0.2, 0.25) is 0 Å². The van der Waals surface area contributed by atoms with E-state index in [0.717, 1.165) is 11.4 Å². The zero-order chi connectivity index (χ0) is 9.72. The fourth-order valence-corrected chi connectivity index (χ4v) is 0.935. The van der Waals surface area contributed by atoms with Crippen LogP contribution in [0.25, 0.3) is 0 Å². The van der Waals surface area contributed by atoms with Crippen LogP contribution in [-0.2, 0) is 0 Å². The van der Waals surface area contributed by atoms with Crippen LogP contribution < -0.4 is 0 Å². The Labute approximate surface area is 74.5 Å². The standard InChI is InChI=1S/C9H17N3/c1-7(2)9(10-5)12(11-6)8(3)4/h8H,5-6H2,1-4H3. The lowest BCUT2D eigenvalue weighted by Crippen LogP contribution is -2.24. The van der Waals surface area contributed by atoms with Crippen LogP contribution >= 0.6 is 0 Å². The topological polar surface area (TPSA) is 28.0 Å². The Bertz CT molecular complexity index is 200. The summed E-state index contributed by atoms with van der Waals surface area (Å²) < 4.78 is 0. The summed E-state index contributed by atoms with van der Waals surface area (Å²) in [6.45, 7) is 15.0. The van der Waals surface area contributed by atoms with Gasteiger partial charge >= 0.3 is 0 Å². The van der Waals surface area contributed by atoms with Gasteiger partial charge in [0.15, 0.2) is 0 Å². The number of hydrazone groups is 1. The highest BCUT2D eigenvalue weighted by atomic mass is 15.5. The second-order valence-corrected chi connectivity index (χ2v) is 3.06. The highest BCUT2D eigenvalue weighted by Crippen LogP contribution is 2.14. The van der Waals surface area contributed by atoms with E-state index >= 15 is 0 Å². The molecule has 68 valence electrons. The van der Waals surface area contributed by atoms with Crippen LogP contribution in [-0.4, -0.2) is 24.5 Å². The lowest BCUT2D eigenvalue weighted by Gasteiger charge is -2.23. The molecular formula is C9H17N3. The molecule has 0 fully saturated rings. The molecular weight excluding hydrogens is 150 g/mol. The van der Waals surface area contributed by atoms with Crippen LogP contribution in [0.15, 0.2) is 21.5 Å². The summed E-state index contributed by atoms with van der Waals surface area (Å²) in [5, 5.41) is 5.62. The number of hydrogen-bond donors (Lipinski definition) is 0. The molecule has 0 bridgehead atoms. The highest BCUT2D eigenvalue weighted by molar-refractivity contribution is 5.31. The summed E-state index contributed by atoms with van der Waals surface area (Å²) >= 11 is 0. The summed E-state index contributed by atoms with van der Waals surface area (Å²) in [6, 6.07) is 0.262. The van der Waals surface area contributed by atoms with Crippen molar-refractivity contribution in [3.63, 3.8) is 0 Å². The van der Waals surface area contributed by atoms with Crippen molar-refractivity contribution in [3.05, 3.63) is 11.4 Å². The van der Waals surface area contributed by atoms with Gasteiger partial charge in [0.25, 0.3) is 0 Å². The lowest BCUT2D eigenvalue weighted by molar-refractivity contribution is 0.295. The van der Waals surface area contributed by atoms with E-state index in [1.807, 2.05) is 27.7 Å². The van der Waals surface area contributed by atoms with Crippen molar-refractivity contribution < 1.29 is 0 Å². The third-order valence-corrected chi connectivity index (χ3v) is 1.46. The molecule has 0 aliphatic heterocycles. The van der Waals surface area contributed by atoms with E-state index < -0.39 is 0 Å². The Morgan fingerprint density at radius 1 is 1.25 bits per heavy atom. The van der Waals surface area contributed by atoms with Crippen molar-refractivity contribution in [1.29, 1.82) is 0 Å². The minimum Gasteiger partial charge on any atom is -0.246 e. The molecule has 3 heteroatoms. The summed E-state index contributed by atoms with van der Waals surface area (Å²) in [7, 11) is 0. The molecule has 0 aliphatic rings. The third kappa shape index (κ3) is 2.49. The predicted octanol–water partition coefficient (Wildman–Crippen LogP) is 2.26. The molecule has 0 atom stereocenters. The monoisotopic (exact) mass is 167 g/mol. The maximum Gasteiger partial charge on any atom is 0.146 e. The van der Waals surface area contributed by atoms with Gasteiger partial charge in [-0.15, -0.1) is 0 Å². The number of aliphatic imine (C=N–C) groups is 1. The molecule has 0 aliphatic carbocycles. The molecule has 0 amide bonds. The van der Waals surface area contributed by atoms with Gasteiger partial charge in [-0.2, -0.15) is 5.10 Å². The first-order valence-corrected chi connectivity index (χ1v) is 3.94. The van der Waals surface area contributed by atoms with Gasteiger partial charge in [0.05, 0.1) is 0 Å². The second-order valence-electron chi connectivity index (χ2n) is 3.06. The van der Waals surface area contributed by atoms with Crippen LogP contribution in [0.5, 0.6) is 0 Å². The zero-order valence-electron chi connectivity index (χ0n) is 8.33. The molecule has 3 nitrogen and oxygen atoms in total. The zero-order valence-corrected chi connectivity index (χ0v) is 8.33. The van der Waals surface area contributed by atoms with Gasteiger partial charge in [-0.3, -0.25) is 0 Å². The minimum atomic E-state index is 0.262. The van der Waals surface area contributed by atoms with Gasteiger partial charge in [-0.1, -0.05) is 0 Å². The predicted molar refractivity (Wildman–Crippen MR) is 54.4 cm³/mol. The SMILES string of the molecule is C=NC(=C(C)C)N(N=C)C(C)C. The minimum absolute atomic E-state index is 0.262. The summed E-state index contributed by atoms with van der Waals surface area (Å²) in [4.78, 5) is 3.90. The third-order valence-electron chi connectivity index (χ3n) is 1.46. The highest BCUT2D eigenvalue weighted by Gasteiger charge is 2.10. The molecule has 0 saturated heterocycles. The first kappa shape index (κ1) is 10.9. The van der Waals surface area contributed by atoms with E-state index in [0.29, 0.717) is 0 Å². The normalized spacial score (nSPS) is 9.42. The second kappa shape index (κ2) is 4.70. The van der Waals surface area contributed by atoms with Gasteiger partial charge in [-0.05, 0) is 40.0 Å². The number of hydrogen-bond acceptors (Lipinski definition) is 3. The molecule has 0 aromatic rings. The maximum atomic E-state index is 3.90. The molecule has 0 radical (unpaired) electrons. The van der Waals surface area contributed by atoms with Crippen LogP contribution in [0.1, 0.15) is 27.7 Å². The van der Waals surface area contributed by atoms with E-state index in [4.69, 9.17) is 0 Å². The van der Waals surface area contributed by atoms with E-state index in [1.165, 1.54) is 0 Å². The average Bonchev–Trinajstić information content (AvgIpc) is 1.98. The Morgan fingerprint density at radius 3 is 1.83 bits per heavy atom. The summed E-state index contributed by atoms with van der Waals surface area (Å²) in [5.74, 6) is 0.792. The summed E-state index contributed by atoms with van der Waals surface area (Å²) in [6.07, 6.45) is 0. The average molecular weight is 167 g/mol. The van der Waals surface area contributed by atoms with Crippen molar-refractivity contribution >= 4 is 13.4 Å². The van der Waals surface area contributed by atoms with E-state index in [2.05, 4.69) is 23.5 Å². The molecule has 0 spiro atoms. The van der Waals surface area contributed by atoms with Crippen molar-refractivity contribution in [3.8, 4) is 0 Å². The van der Waals surface area contributed by atoms with Crippen molar-refractivity contribution in [1.82, 2.24) is 5.01 Å². The Balaban J connectivity index is 4.81. The smallest absolute Gasteiger partial charge is 0.146 e. The largest absolute Gasteiger partial charge is 0.246 e. The van der Waals surface area contributed by atoms with E-state index in [-0.39, 0.29) is 6.04 Å². The molecule has 0 aromatic heterocycles. The molecule has 0 heterocycles. The fraction of sp³-hybridized carbons (Fsp3) is 0.556. The molecule has 12 heavy (non-hydrogen) atoms. The molecule has 0 unspecified atom stereocenters. The Hall–Kier alpha value is -1.12. The molecule has 0 saturated carbocycles.